The fourth-order valence-electron chi connectivity index (χ4n) is 2.32. The number of benzene rings is 2. The van der Waals surface area contributed by atoms with Crippen molar-refractivity contribution in [3.05, 3.63) is 69.8 Å². The highest BCUT2D eigenvalue weighted by Gasteiger charge is 2.15. The SMILES string of the molecule is COC(CNC(=O)c1ccc(NC(=O)c2ccc([N+](=O)[O-])cc2)cc1)C(C)=O. The Labute approximate surface area is 160 Å². The number of carbonyl (C=O) groups is 3. The van der Waals surface area contributed by atoms with E-state index in [1.165, 1.54) is 50.4 Å². The molecule has 0 aliphatic heterocycles. The second-order valence-corrected chi connectivity index (χ2v) is 5.88. The molecular weight excluding hydrogens is 366 g/mol. The Morgan fingerprint density at radius 3 is 2.04 bits per heavy atom. The number of rotatable bonds is 8. The van der Waals surface area contributed by atoms with Gasteiger partial charge < -0.3 is 15.4 Å². The number of nitrogens with zero attached hydrogens (tertiary/aromatic N) is 1. The fourth-order valence-corrected chi connectivity index (χ4v) is 2.32. The topological polar surface area (TPSA) is 128 Å². The number of non-ortho nitro benzene ring substituents is 1. The lowest BCUT2D eigenvalue weighted by molar-refractivity contribution is -0.384. The molecule has 0 spiro atoms. The Kier molecular flexibility index (Phi) is 6.94. The highest BCUT2D eigenvalue weighted by atomic mass is 16.6. The second-order valence-electron chi connectivity index (χ2n) is 5.88. The minimum absolute atomic E-state index is 0.0588. The van der Waals surface area contributed by atoms with E-state index in [0.29, 0.717) is 11.3 Å². The lowest BCUT2D eigenvalue weighted by Gasteiger charge is -2.13. The standard InChI is InChI=1S/C19H19N3O6/c1-12(23)17(28-2)11-20-18(24)13-3-7-15(8-4-13)21-19(25)14-5-9-16(10-6-14)22(26)27/h3-10,17H,11H2,1-2H3,(H,20,24)(H,21,25). The van der Waals surface area contributed by atoms with Gasteiger partial charge in [0.05, 0.1) is 11.5 Å². The summed E-state index contributed by atoms with van der Waals surface area (Å²) in [5.74, 6) is -1.000. The van der Waals surface area contributed by atoms with Gasteiger partial charge in [-0.25, -0.2) is 0 Å². The number of ketones is 1. The summed E-state index contributed by atoms with van der Waals surface area (Å²) in [4.78, 5) is 45.7. The molecule has 28 heavy (non-hydrogen) atoms. The third-order valence-corrected chi connectivity index (χ3v) is 3.93. The molecule has 9 nitrogen and oxygen atoms in total. The number of Topliss-reactive ketones (excluding diaryl/α,β-unsaturated/α-hetero) is 1. The van der Waals surface area contributed by atoms with Crippen LogP contribution in [0.15, 0.2) is 48.5 Å². The zero-order chi connectivity index (χ0) is 20.7. The van der Waals surface area contributed by atoms with Crippen LogP contribution in [0.2, 0.25) is 0 Å². The first-order chi connectivity index (χ1) is 13.3. The highest BCUT2D eigenvalue weighted by Crippen LogP contribution is 2.15. The third-order valence-electron chi connectivity index (χ3n) is 3.93. The zero-order valence-corrected chi connectivity index (χ0v) is 15.3. The summed E-state index contributed by atoms with van der Waals surface area (Å²) in [5, 5.41) is 15.9. The van der Waals surface area contributed by atoms with Gasteiger partial charge in [0.15, 0.2) is 5.78 Å². The van der Waals surface area contributed by atoms with Crippen LogP contribution in [-0.4, -0.2) is 42.3 Å². The largest absolute Gasteiger partial charge is 0.372 e. The first-order valence-electron chi connectivity index (χ1n) is 8.29. The van der Waals surface area contributed by atoms with Crippen LogP contribution in [0.5, 0.6) is 0 Å². The van der Waals surface area contributed by atoms with Crippen LogP contribution in [-0.2, 0) is 9.53 Å². The lowest BCUT2D eigenvalue weighted by atomic mass is 10.1. The molecule has 1 atom stereocenters. The van der Waals surface area contributed by atoms with Gasteiger partial charge in [-0.05, 0) is 43.3 Å². The quantitative estimate of drug-likeness (QED) is 0.529. The minimum Gasteiger partial charge on any atom is -0.372 e. The summed E-state index contributed by atoms with van der Waals surface area (Å²) in [5.41, 5.74) is 0.972. The first-order valence-corrected chi connectivity index (χ1v) is 8.29. The van der Waals surface area contributed by atoms with Gasteiger partial charge in [-0.2, -0.15) is 0 Å². The Morgan fingerprint density at radius 1 is 1.00 bits per heavy atom. The van der Waals surface area contributed by atoms with Gasteiger partial charge in [-0.1, -0.05) is 0 Å². The first kappa shape index (κ1) is 20.7. The van der Waals surface area contributed by atoms with Gasteiger partial charge in [-0.15, -0.1) is 0 Å². The number of anilines is 1. The molecule has 2 amide bonds. The summed E-state index contributed by atoms with van der Waals surface area (Å²) < 4.78 is 4.97. The summed E-state index contributed by atoms with van der Waals surface area (Å²) >= 11 is 0. The number of nitrogens with one attached hydrogen (secondary N) is 2. The van der Waals surface area contributed by atoms with E-state index in [4.69, 9.17) is 4.74 Å². The van der Waals surface area contributed by atoms with Crippen molar-refractivity contribution in [3.8, 4) is 0 Å². The molecule has 2 N–H and O–H groups in total. The molecule has 0 heterocycles. The van der Waals surface area contributed by atoms with E-state index in [1.807, 2.05) is 0 Å². The smallest absolute Gasteiger partial charge is 0.269 e. The molecule has 2 aromatic carbocycles. The molecule has 0 aliphatic rings. The van der Waals surface area contributed by atoms with Crippen LogP contribution < -0.4 is 10.6 Å². The zero-order valence-electron chi connectivity index (χ0n) is 15.3. The molecule has 0 fully saturated rings. The van der Waals surface area contributed by atoms with E-state index in [1.54, 1.807) is 12.1 Å². The Bertz CT molecular complexity index is 878. The van der Waals surface area contributed by atoms with Gasteiger partial charge >= 0.3 is 0 Å². The number of hydrogen-bond acceptors (Lipinski definition) is 6. The molecule has 2 rings (SSSR count). The molecule has 146 valence electrons. The van der Waals surface area contributed by atoms with E-state index >= 15 is 0 Å². The van der Waals surface area contributed by atoms with Gasteiger partial charge in [0, 0.05) is 36.1 Å². The van der Waals surface area contributed by atoms with Crippen molar-refractivity contribution in [2.24, 2.45) is 0 Å². The Balaban J connectivity index is 1.96. The molecule has 0 aromatic heterocycles. The predicted octanol–water partition coefficient (Wildman–Crippen LogP) is 2.18. The van der Waals surface area contributed by atoms with Crippen LogP contribution >= 0.6 is 0 Å². The molecule has 0 aliphatic carbocycles. The van der Waals surface area contributed by atoms with Crippen LogP contribution in [0.25, 0.3) is 0 Å². The van der Waals surface area contributed by atoms with E-state index < -0.39 is 16.9 Å². The van der Waals surface area contributed by atoms with Crippen LogP contribution in [0.1, 0.15) is 27.6 Å². The van der Waals surface area contributed by atoms with E-state index in [-0.39, 0.29) is 29.5 Å². The molecule has 0 saturated carbocycles. The van der Waals surface area contributed by atoms with Gasteiger partial charge in [0.1, 0.15) is 6.10 Å². The number of nitro groups is 1. The normalized spacial score (nSPS) is 11.4. The van der Waals surface area contributed by atoms with E-state index in [9.17, 15) is 24.5 Å². The minimum atomic E-state index is -0.704. The molecular formula is C19H19N3O6. The van der Waals surface area contributed by atoms with Gasteiger partial charge in [0.25, 0.3) is 17.5 Å². The molecule has 9 heteroatoms. The van der Waals surface area contributed by atoms with E-state index in [0.717, 1.165) is 0 Å². The second kappa shape index (κ2) is 9.38. The maximum Gasteiger partial charge on any atom is 0.269 e. The van der Waals surface area contributed by atoms with Crippen LogP contribution in [0, 0.1) is 10.1 Å². The average molecular weight is 385 g/mol. The van der Waals surface area contributed by atoms with Crippen molar-refractivity contribution in [1.82, 2.24) is 5.32 Å². The maximum absolute atomic E-state index is 12.2. The molecule has 2 aromatic rings. The highest BCUT2D eigenvalue weighted by molar-refractivity contribution is 6.04. The predicted molar refractivity (Wildman–Crippen MR) is 101 cm³/mol. The van der Waals surface area contributed by atoms with Crippen molar-refractivity contribution < 1.29 is 24.0 Å². The summed E-state index contributed by atoms with van der Waals surface area (Å²) in [7, 11) is 1.39. The molecule has 0 radical (unpaired) electrons. The summed E-state index contributed by atoms with van der Waals surface area (Å²) in [6, 6.07) is 11.4. The van der Waals surface area contributed by atoms with E-state index in [2.05, 4.69) is 10.6 Å². The van der Waals surface area contributed by atoms with Crippen LogP contribution in [0.4, 0.5) is 11.4 Å². The summed E-state index contributed by atoms with van der Waals surface area (Å²) in [6.45, 7) is 1.44. The number of carbonyl (C=O) groups excluding carboxylic acids is 3. The summed E-state index contributed by atoms with van der Waals surface area (Å²) in [6.07, 6.45) is -0.704. The molecule has 1 unspecified atom stereocenters. The van der Waals surface area contributed by atoms with Crippen molar-refractivity contribution >= 4 is 29.0 Å². The van der Waals surface area contributed by atoms with Crippen molar-refractivity contribution in [1.29, 1.82) is 0 Å². The van der Waals surface area contributed by atoms with Crippen molar-refractivity contribution in [2.45, 2.75) is 13.0 Å². The Hall–Kier alpha value is -3.59. The lowest BCUT2D eigenvalue weighted by Crippen LogP contribution is -2.36. The van der Waals surface area contributed by atoms with Gasteiger partial charge in [0.2, 0.25) is 0 Å². The monoisotopic (exact) mass is 385 g/mol. The number of amides is 2. The number of methoxy groups -OCH3 is 1. The molecule has 0 bridgehead atoms. The van der Waals surface area contributed by atoms with Crippen molar-refractivity contribution in [2.75, 3.05) is 19.0 Å². The van der Waals surface area contributed by atoms with Gasteiger partial charge in [-0.3, -0.25) is 24.5 Å². The van der Waals surface area contributed by atoms with Crippen LogP contribution in [0.3, 0.4) is 0 Å². The maximum atomic E-state index is 12.2. The number of ether oxygens (including phenoxy) is 1. The number of nitro benzene ring substituents is 1. The molecule has 0 saturated heterocycles. The van der Waals surface area contributed by atoms with Crippen molar-refractivity contribution in [3.63, 3.8) is 0 Å². The average Bonchev–Trinajstić information content (AvgIpc) is 2.68. The third kappa shape index (κ3) is 5.45. The number of hydrogen-bond donors (Lipinski definition) is 2. The Morgan fingerprint density at radius 2 is 1.54 bits per heavy atom. The fraction of sp³-hybridized carbons (Fsp3) is 0.211.